The average Bonchev–Trinajstić information content (AvgIpc) is 3.26. The summed E-state index contributed by atoms with van der Waals surface area (Å²) in [5.41, 5.74) is 1.50. The summed E-state index contributed by atoms with van der Waals surface area (Å²) in [6.07, 6.45) is 0.635. The molecule has 0 spiro atoms. The standard InChI is InChI=1S/C23H24N2O7S/c1-4-31-23(30)19-14(9-13(2)3)12-33-20(19)24-17(26)11-32-18(27)10-25-21(28)15-7-5-6-8-16(15)22(25)29/h5-8,12-13H,4,9-11H2,1-3H3,(H,24,26). The number of ether oxygens (including phenoxy) is 2. The highest BCUT2D eigenvalue weighted by molar-refractivity contribution is 7.15. The lowest BCUT2D eigenvalue weighted by atomic mass is 10.0. The van der Waals surface area contributed by atoms with E-state index in [4.69, 9.17) is 9.47 Å². The van der Waals surface area contributed by atoms with E-state index in [1.165, 1.54) is 23.5 Å². The molecule has 0 aliphatic carbocycles. The number of imide groups is 1. The van der Waals surface area contributed by atoms with Crippen molar-refractivity contribution in [2.45, 2.75) is 27.2 Å². The Kier molecular flexibility index (Phi) is 7.59. The van der Waals surface area contributed by atoms with Crippen LogP contribution in [0.15, 0.2) is 29.6 Å². The molecule has 1 N–H and O–H groups in total. The van der Waals surface area contributed by atoms with E-state index >= 15 is 0 Å². The van der Waals surface area contributed by atoms with Crippen LogP contribution in [0.25, 0.3) is 0 Å². The first-order valence-corrected chi connectivity index (χ1v) is 11.3. The van der Waals surface area contributed by atoms with E-state index in [0.29, 0.717) is 22.9 Å². The minimum absolute atomic E-state index is 0.193. The number of nitrogens with one attached hydrogen (secondary N) is 1. The number of hydrogen-bond donors (Lipinski definition) is 1. The van der Waals surface area contributed by atoms with Crippen LogP contribution in [-0.4, -0.2) is 54.3 Å². The van der Waals surface area contributed by atoms with Gasteiger partial charge in [0.25, 0.3) is 17.7 Å². The molecule has 1 aromatic carbocycles. The summed E-state index contributed by atoms with van der Waals surface area (Å²) in [7, 11) is 0. The van der Waals surface area contributed by atoms with Crippen LogP contribution >= 0.6 is 11.3 Å². The fourth-order valence-electron chi connectivity index (χ4n) is 3.37. The van der Waals surface area contributed by atoms with E-state index in [2.05, 4.69) is 5.32 Å². The van der Waals surface area contributed by atoms with Gasteiger partial charge in [0.1, 0.15) is 11.5 Å². The highest BCUT2D eigenvalue weighted by Crippen LogP contribution is 2.31. The Bertz CT molecular complexity index is 1070. The molecule has 3 rings (SSSR count). The normalized spacial score (nSPS) is 12.7. The van der Waals surface area contributed by atoms with E-state index in [1.54, 1.807) is 24.4 Å². The van der Waals surface area contributed by atoms with Gasteiger partial charge >= 0.3 is 11.9 Å². The van der Waals surface area contributed by atoms with Crippen LogP contribution in [0.1, 0.15) is 57.4 Å². The van der Waals surface area contributed by atoms with Crippen molar-refractivity contribution in [2.24, 2.45) is 5.92 Å². The number of fused-ring (bicyclic) bond motifs is 1. The zero-order valence-electron chi connectivity index (χ0n) is 18.5. The Morgan fingerprint density at radius 3 is 2.27 bits per heavy atom. The lowest BCUT2D eigenvalue weighted by Gasteiger charge is -2.13. The molecule has 0 fully saturated rings. The molecule has 9 nitrogen and oxygen atoms in total. The Hall–Kier alpha value is -3.53. The molecule has 33 heavy (non-hydrogen) atoms. The number of anilines is 1. The van der Waals surface area contributed by atoms with E-state index < -0.39 is 42.8 Å². The van der Waals surface area contributed by atoms with Crippen molar-refractivity contribution in [1.82, 2.24) is 4.90 Å². The van der Waals surface area contributed by atoms with E-state index in [9.17, 15) is 24.0 Å². The van der Waals surface area contributed by atoms with Crippen LogP contribution in [0.4, 0.5) is 5.00 Å². The van der Waals surface area contributed by atoms with Crippen molar-refractivity contribution >= 4 is 46.0 Å². The molecule has 174 valence electrons. The maximum Gasteiger partial charge on any atom is 0.341 e. The zero-order valence-corrected chi connectivity index (χ0v) is 19.3. The fourth-order valence-corrected chi connectivity index (χ4v) is 4.35. The second-order valence-corrected chi connectivity index (χ2v) is 8.61. The van der Waals surface area contributed by atoms with E-state index in [1.807, 2.05) is 13.8 Å². The second kappa shape index (κ2) is 10.4. The van der Waals surface area contributed by atoms with E-state index in [0.717, 1.165) is 10.5 Å². The lowest BCUT2D eigenvalue weighted by Crippen LogP contribution is -2.36. The van der Waals surface area contributed by atoms with Crippen molar-refractivity contribution in [3.05, 3.63) is 51.9 Å². The third-order valence-corrected chi connectivity index (χ3v) is 5.70. The summed E-state index contributed by atoms with van der Waals surface area (Å²) in [6, 6.07) is 6.25. The summed E-state index contributed by atoms with van der Waals surface area (Å²) >= 11 is 1.18. The molecule has 3 amide bonds. The van der Waals surface area contributed by atoms with Crippen LogP contribution in [-0.2, 0) is 25.5 Å². The van der Waals surface area contributed by atoms with Crippen LogP contribution in [0.5, 0.6) is 0 Å². The fraction of sp³-hybridized carbons (Fsp3) is 0.348. The number of benzene rings is 1. The molecule has 0 saturated carbocycles. The summed E-state index contributed by atoms with van der Waals surface area (Å²) in [5.74, 6) is -2.99. The molecule has 1 aromatic heterocycles. The lowest BCUT2D eigenvalue weighted by molar-refractivity contribution is -0.147. The predicted octanol–water partition coefficient (Wildman–Crippen LogP) is 2.90. The topological polar surface area (TPSA) is 119 Å². The number of thiophene rings is 1. The monoisotopic (exact) mass is 472 g/mol. The van der Waals surface area contributed by atoms with Crippen molar-refractivity contribution < 1.29 is 33.4 Å². The Morgan fingerprint density at radius 1 is 1.06 bits per heavy atom. The second-order valence-electron chi connectivity index (χ2n) is 7.73. The van der Waals surface area contributed by atoms with Gasteiger partial charge in [0.05, 0.1) is 23.3 Å². The Balaban J connectivity index is 1.59. The molecular formula is C23H24N2O7S. The Labute approximate surface area is 194 Å². The van der Waals surface area contributed by atoms with Gasteiger partial charge in [-0.25, -0.2) is 4.79 Å². The van der Waals surface area contributed by atoms with Crippen LogP contribution in [0.2, 0.25) is 0 Å². The van der Waals surface area contributed by atoms with Crippen molar-refractivity contribution in [3.63, 3.8) is 0 Å². The summed E-state index contributed by atoms with van der Waals surface area (Å²) in [5, 5.41) is 4.68. The van der Waals surface area contributed by atoms with Crippen molar-refractivity contribution in [1.29, 1.82) is 0 Å². The van der Waals surface area contributed by atoms with Gasteiger partial charge in [0.15, 0.2) is 6.61 Å². The molecular weight excluding hydrogens is 448 g/mol. The van der Waals surface area contributed by atoms with Gasteiger partial charge in [-0.1, -0.05) is 26.0 Å². The third kappa shape index (κ3) is 5.46. The smallest absolute Gasteiger partial charge is 0.341 e. The van der Waals surface area contributed by atoms with Gasteiger partial charge in [-0.3, -0.25) is 24.1 Å². The number of hydrogen-bond acceptors (Lipinski definition) is 8. The third-order valence-electron chi connectivity index (χ3n) is 4.76. The first-order valence-electron chi connectivity index (χ1n) is 10.4. The minimum Gasteiger partial charge on any atom is -0.462 e. The van der Waals surface area contributed by atoms with Gasteiger partial charge in [0, 0.05) is 0 Å². The SMILES string of the molecule is CCOC(=O)c1c(CC(C)C)csc1NC(=O)COC(=O)CN1C(=O)c2ccccc2C1=O. The molecule has 2 aromatic rings. The zero-order chi connectivity index (χ0) is 24.1. The first kappa shape index (κ1) is 24.1. The summed E-state index contributed by atoms with van der Waals surface area (Å²) in [4.78, 5) is 62.4. The summed E-state index contributed by atoms with van der Waals surface area (Å²) < 4.78 is 10.1. The molecule has 0 bridgehead atoms. The maximum atomic E-state index is 12.4. The van der Waals surface area contributed by atoms with Gasteiger partial charge in [-0.2, -0.15) is 0 Å². The largest absolute Gasteiger partial charge is 0.462 e. The highest BCUT2D eigenvalue weighted by Gasteiger charge is 2.36. The molecule has 1 aliphatic rings. The molecule has 2 heterocycles. The average molecular weight is 473 g/mol. The van der Waals surface area contributed by atoms with Gasteiger partial charge in [-0.05, 0) is 42.3 Å². The summed E-state index contributed by atoms with van der Waals surface area (Å²) in [6.45, 7) is 4.67. The Morgan fingerprint density at radius 2 is 1.70 bits per heavy atom. The van der Waals surface area contributed by atoms with Gasteiger partial charge in [0.2, 0.25) is 0 Å². The van der Waals surface area contributed by atoms with Gasteiger partial charge < -0.3 is 14.8 Å². The number of rotatable bonds is 9. The molecule has 0 radical (unpaired) electrons. The number of carbonyl (C=O) groups excluding carboxylic acids is 5. The predicted molar refractivity (Wildman–Crippen MR) is 120 cm³/mol. The minimum atomic E-state index is -0.906. The molecule has 10 heteroatoms. The van der Waals surface area contributed by atoms with E-state index in [-0.39, 0.29) is 17.7 Å². The molecule has 0 atom stereocenters. The van der Waals surface area contributed by atoms with Crippen LogP contribution in [0, 0.1) is 5.92 Å². The van der Waals surface area contributed by atoms with Crippen molar-refractivity contribution in [3.8, 4) is 0 Å². The van der Waals surface area contributed by atoms with Gasteiger partial charge in [-0.15, -0.1) is 11.3 Å². The molecule has 0 saturated heterocycles. The maximum absolute atomic E-state index is 12.4. The first-order chi connectivity index (χ1) is 15.7. The molecule has 1 aliphatic heterocycles. The quantitative estimate of drug-likeness (QED) is 0.440. The number of esters is 2. The van der Waals surface area contributed by atoms with Crippen LogP contribution in [0.3, 0.4) is 0 Å². The number of nitrogens with zero attached hydrogens (tertiary/aromatic N) is 1. The van der Waals surface area contributed by atoms with Crippen molar-refractivity contribution in [2.75, 3.05) is 25.1 Å². The number of carbonyl (C=O) groups is 5. The number of amides is 3. The molecule has 0 unspecified atom stereocenters. The van der Waals surface area contributed by atoms with Crippen LogP contribution < -0.4 is 5.32 Å². The highest BCUT2D eigenvalue weighted by atomic mass is 32.1.